The van der Waals surface area contributed by atoms with Crippen LogP contribution in [0.3, 0.4) is 0 Å². The largest absolute Gasteiger partial charge is 0.614 e. The minimum Gasteiger partial charge on any atom is -0.419 e. The summed E-state index contributed by atoms with van der Waals surface area (Å²) in [6.07, 6.45) is -8.64. The third kappa shape index (κ3) is 3.06. The van der Waals surface area contributed by atoms with E-state index in [0.29, 0.717) is 0 Å². The Balaban J connectivity index is 2.91. The molecule has 1 heterocycles. The fourth-order valence-corrected chi connectivity index (χ4v) is 1.12. The van der Waals surface area contributed by atoms with Crippen molar-refractivity contribution in [1.29, 1.82) is 0 Å². The van der Waals surface area contributed by atoms with Crippen molar-refractivity contribution in [3.05, 3.63) is 32.0 Å². The third-order valence-corrected chi connectivity index (χ3v) is 2.31. The second-order valence-corrected chi connectivity index (χ2v) is 3.81. The molecule has 0 amide bonds. The molecule has 0 spiro atoms. The number of alkyl halides is 6. The maximum absolute atomic E-state index is 13.3. The van der Waals surface area contributed by atoms with E-state index in [1.807, 2.05) is 0 Å². The topological polar surface area (TPSA) is 125 Å². The number of hydrogen-bond donors (Lipinski definition) is 0. The van der Waals surface area contributed by atoms with Gasteiger partial charge in [-0.2, -0.15) is 22.0 Å². The van der Waals surface area contributed by atoms with Crippen molar-refractivity contribution in [2.45, 2.75) is 30.9 Å². The van der Waals surface area contributed by atoms with Gasteiger partial charge in [0.1, 0.15) is 16.3 Å². The molecule has 15 heteroatoms. The van der Waals surface area contributed by atoms with Crippen molar-refractivity contribution in [1.82, 2.24) is 10.2 Å². The van der Waals surface area contributed by atoms with Crippen molar-refractivity contribution >= 4 is 0 Å². The zero-order valence-electron chi connectivity index (χ0n) is 10.0. The summed E-state index contributed by atoms with van der Waals surface area (Å²) < 4.78 is 78.8. The summed E-state index contributed by atoms with van der Waals surface area (Å²) in [4.78, 5) is 16.7. The van der Waals surface area contributed by atoms with E-state index in [4.69, 9.17) is 0 Å². The van der Waals surface area contributed by atoms with Crippen LogP contribution < -0.4 is 0 Å². The molecule has 0 saturated carbocycles. The first-order valence-electron chi connectivity index (χ1n) is 5.07. The van der Waals surface area contributed by atoms with Gasteiger partial charge in [-0.05, 0) is 0 Å². The first-order chi connectivity index (χ1) is 9.82. The van der Waals surface area contributed by atoms with Gasteiger partial charge >= 0.3 is 18.0 Å². The molecule has 0 aliphatic rings. The molecule has 0 fully saturated rings. The highest BCUT2D eigenvalue weighted by molar-refractivity contribution is 4.96. The summed E-state index contributed by atoms with van der Waals surface area (Å²) >= 11 is 0. The predicted octanol–water partition coefficient (Wildman–Crippen LogP) is 1.83. The molecule has 22 heavy (non-hydrogen) atoms. The minimum atomic E-state index is -6.04. The molecule has 0 N–H and O–H groups in total. The van der Waals surface area contributed by atoms with Crippen molar-refractivity contribution in [2.24, 2.45) is 0 Å². The van der Waals surface area contributed by atoms with E-state index in [1.165, 1.54) is 0 Å². The fourth-order valence-electron chi connectivity index (χ4n) is 1.12. The van der Waals surface area contributed by atoms with Crippen LogP contribution in [0.2, 0.25) is 0 Å². The smallest absolute Gasteiger partial charge is 0.419 e. The van der Waals surface area contributed by atoms with Crippen LogP contribution in [0.1, 0.15) is 18.2 Å². The van der Waals surface area contributed by atoms with E-state index < -0.39 is 52.5 Å². The summed E-state index contributed by atoms with van der Waals surface area (Å²) in [6, 6.07) is 0. The highest BCUT2D eigenvalue weighted by atomic mass is 19.4. The van der Waals surface area contributed by atoms with Crippen LogP contribution in [0.4, 0.5) is 26.3 Å². The number of aromatic nitrogens is 2. The lowest BCUT2D eigenvalue weighted by molar-refractivity contribution is -0.832. The van der Waals surface area contributed by atoms with Crippen LogP contribution in [0.15, 0.2) is 4.42 Å². The van der Waals surface area contributed by atoms with Crippen LogP contribution in [-0.4, -0.2) is 32.1 Å². The molecule has 1 aromatic rings. The van der Waals surface area contributed by atoms with E-state index in [2.05, 4.69) is 14.6 Å². The molecule has 0 radical (unpaired) electrons. The second kappa shape index (κ2) is 5.38. The summed E-state index contributed by atoms with van der Waals surface area (Å²) in [6.45, 7) is 0. The number of aryl methyl sites for hydroxylation is 1. The van der Waals surface area contributed by atoms with Crippen molar-refractivity contribution < 1.29 is 40.6 Å². The highest BCUT2D eigenvalue weighted by Gasteiger charge is 2.63. The predicted molar refractivity (Wildman–Crippen MR) is 50.4 cm³/mol. The van der Waals surface area contributed by atoms with Crippen LogP contribution in [-0.2, 0) is 12.3 Å². The van der Waals surface area contributed by atoms with Crippen molar-refractivity contribution in [3.63, 3.8) is 0 Å². The van der Waals surface area contributed by atoms with Gasteiger partial charge < -0.3 is 4.42 Å². The zero-order valence-corrected chi connectivity index (χ0v) is 10.0. The number of nitrogens with zero attached hydrogens (tertiary/aromatic N) is 4. The Morgan fingerprint density at radius 1 is 1.00 bits per heavy atom. The third-order valence-electron chi connectivity index (χ3n) is 2.31. The Labute approximate surface area is 115 Å². The van der Waals surface area contributed by atoms with Crippen LogP contribution in [0, 0.1) is 20.2 Å². The highest BCUT2D eigenvalue weighted by Crippen LogP contribution is 2.43. The van der Waals surface area contributed by atoms with Gasteiger partial charge in [0.2, 0.25) is 5.89 Å². The number of hydrogen-bond acceptors (Lipinski definition) is 7. The average Bonchev–Trinajstić information content (AvgIpc) is 2.83. The van der Waals surface area contributed by atoms with Gasteiger partial charge in [-0.15, -0.1) is 10.2 Å². The second-order valence-electron chi connectivity index (χ2n) is 3.81. The molecule has 0 atom stereocenters. The first-order valence-corrected chi connectivity index (χ1v) is 5.07. The Kier molecular flexibility index (Phi) is 4.29. The van der Waals surface area contributed by atoms with Gasteiger partial charge in [0.25, 0.3) is 5.89 Å². The summed E-state index contributed by atoms with van der Waals surface area (Å²) in [5, 5.41) is 25.6. The Morgan fingerprint density at radius 2 is 1.50 bits per heavy atom. The molecule has 0 aliphatic carbocycles. The fraction of sp³-hybridized carbons (Fsp3) is 0.714. The number of halogens is 6. The molecule has 124 valence electrons. The van der Waals surface area contributed by atoms with Crippen LogP contribution >= 0.6 is 0 Å². The Bertz CT molecular complexity index is 572. The van der Waals surface area contributed by atoms with E-state index in [0.717, 1.165) is 0 Å². The van der Waals surface area contributed by atoms with Gasteiger partial charge in [0.15, 0.2) is 0 Å². The van der Waals surface area contributed by atoms with Crippen LogP contribution in [0.5, 0.6) is 0 Å². The van der Waals surface area contributed by atoms with Crippen molar-refractivity contribution in [2.75, 3.05) is 0 Å². The SMILES string of the molecule is O=[N+]([O-])C(F)(CCc1nnc(C(F)(F)C(F)(F)F)o1)[N+](=O)[O-]. The summed E-state index contributed by atoms with van der Waals surface area (Å²) in [5.74, 6) is -12.9. The van der Waals surface area contributed by atoms with Gasteiger partial charge in [-0.1, -0.05) is 4.39 Å². The monoisotopic (exact) mass is 338 g/mol. The molecule has 0 aliphatic heterocycles. The molecule has 1 aromatic heterocycles. The lowest BCUT2D eigenvalue weighted by atomic mass is 10.2. The summed E-state index contributed by atoms with van der Waals surface area (Å²) in [7, 11) is 0. The van der Waals surface area contributed by atoms with Gasteiger partial charge in [-0.3, -0.25) is 20.2 Å². The molecule has 0 saturated heterocycles. The minimum absolute atomic E-state index is 1.05. The van der Waals surface area contributed by atoms with E-state index in [1.54, 1.807) is 0 Å². The number of rotatable bonds is 6. The molecular formula is C7H4F6N4O5. The molecule has 0 unspecified atom stereocenters. The molecule has 0 aromatic carbocycles. The standard InChI is InChI=1S/C7H4F6N4O5/c8-5(16(18)19,17(20)21)2-1-3-14-15-4(22-3)6(9,10)7(11,12)13/h1-2H2. The molecular weight excluding hydrogens is 334 g/mol. The lowest BCUT2D eigenvalue weighted by Gasteiger charge is -2.14. The van der Waals surface area contributed by atoms with Gasteiger partial charge in [0.05, 0.1) is 0 Å². The maximum Gasteiger partial charge on any atom is 0.614 e. The Morgan fingerprint density at radius 3 is 1.91 bits per heavy atom. The maximum atomic E-state index is 13.3. The van der Waals surface area contributed by atoms with Crippen LogP contribution in [0.25, 0.3) is 0 Å². The molecule has 1 rings (SSSR count). The Hall–Kier alpha value is -2.48. The van der Waals surface area contributed by atoms with E-state index in [-0.39, 0.29) is 0 Å². The zero-order chi connectivity index (χ0) is 17.3. The molecule has 0 bridgehead atoms. The first kappa shape index (κ1) is 17.6. The van der Waals surface area contributed by atoms with Gasteiger partial charge in [0, 0.05) is 6.42 Å². The summed E-state index contributed by atoms with van der Waals surface area (Å²) in [5.41, 5.74) is 0. The van der Waals surface area contributed by atoms with E-state index in [9.17, 15) is 46.6 Å². The molecule has 9 nitrogen and oxygen atoms in total. The van der Waals surface area contributed by atoms with Gasteiger partial charge in [-0.25, -0.2) is 0 Å². The average molecular weight is 338 g/mol. The number of nitro groups is 2. The van der Waals surface area contributed by atoms with Crippen molar-refractivity contribution in [3.8, 4) is 0 Å². The normalized spacial score (nSPS) is 13.2. The lowest BCUT2D eigenvalue weighted by Crippen LogP contribution is -2.42. The quantitative estimate of drug-likeness (QED) is 0.255. The van der Waals surface area contributed by atoms with E-state index >= 15 is 0 Å².